The molecule has 28 heavy (non-hydrogen) atoms. The number of aliphatic hydroxyl groups is 1. The molecule has 5 nitrogen and oxygen atoms in total. The molecule has 5 heteroatoms. The van der Waals surface area contributed by atoms with Gasteiger partial charge in [0.05, 0.1) is 11.4 Å². The summed E-state index contributed by atoms with van der Waals surface area (Å²) >= 11 is 0. The first-order valence-corrected chi connectivity index (χ1v) is 10.00. The van der Waals surface area contributed by atoms with Gasteiger partial charge in [0, 0.05) is 37.2 Å². The number of benzene rings is 2. The number of fused-ring (bicyclic) bond motifs is 1. The number of ether oxygens (including phenoxy) is 1. The van der Waals surface area contributed by atoms with Crippen LogP contribution in [0.5, 0.6) is 5.75 Å². The quantitative estimate of drug-likeness (QED) is 0.682. The van der Waals surface area contributed by atoms with E-state index in [0.29, 0.717) is 6.54 Å². The van der Waals surface area contributed by atoms with E-state index in [0.717, 1.165) is 37.4 Å². The molecule has 0 bridgehead atoms. The van der Waals surface area contributed by atoms with E-state index in [2.05, 4.69) is 40.8 Å². The number of rotatable bonds is 7. The zero-order valence-electron chi connectivity index (χ0n) is 16.3. The van der Waals surface area contributed by atoms with E-state index in [1.807, 2.05) is 36.4 Å². The Hall–Kier alpha value is -2.63. The molecule has 1 aromatic heterocycles. The van der Waals surface area contributed by atoms with Gasteiger partial charge >= 0.3 is 0 Å². The lowest BCUT2D eigenvalue weighted by Crippen LogP contribution is -2.42. The summed E-state index contributed by atoms with van der Waals surface area (Å²) in [6.45, 7) is 4.79. The number of nitrogens with zero attached hydrogens (tertiary/aromatic N) is 3. The fourth-order valence-corrected chi connectivity index (χ4v) is 3.79. The first-order valence-electron chi connectivity index (χ1n) is 10.00. The highest BCUT2D eigenvalue weighted by Crippen LogP contribution is 2.31. The second-order valence-corrected chi connectivity index (χ2v) is 7.19. The third-order valence-electron chi connectivity index (χ3n) is 5.18. The van der Waals surface area contributed by atoms with Crippen molar-refractivity contribution >= 4 is 0 Å². The Labute approximate surface area is 166 Å². The van der Waals surface area contributed by atoms with Crippen LogP contribution < -0.4 is 4.74 Å². The first-order chi connectivity index (χ1) is 13.8. The third-order valence-corrected chi connectivity index (χ3v) is 5.18. The van der Waals surface area contributed by atoms with Gasteiger partial charge in [0.2, 0.25) is 0 Å². The summed E-state index contributed by atoms with van der Waals surface area (Å²) in [4.78, 5) is 2.08. The van der Waals surface area contributed by atoms with E-state index in [1.54, 1.807) is 0 Å². The zero-order chi connectivity index (χ0) is 19.3. The highest BCUT2D eigenvalue weighted by atomic mass is 16.5. The Kier molecular flexibility index (Phi) is 5.74. The van der Waals surface area contributed by atoms with Crippen molar-refractivity contribution in [2.24, 2.45) is 0 Å². The molecule has 1 atom stereocenters. The summed E-state index contributed by atoms with van der Waals surface area (Å²) in [7, 11) is 0. The molecule has 3 aromatic rings. The predicted octanol–water partition coefficient (Wildman–Crippen LogP) is 3.72. The van der Waals surface area contributed by atoms with Gasteiger partial charge in [-0.25, -0.2) is 0 Å². The van der Waals surface area contributed by atoms with Crippen LogP contribution in [-0.2, 0) is 19.5 Å². The maximum atomic E-state index is 10.7. The number of aliphatic hydroxyl groups excluding tert-OH is 1. The first kappa shape index (κ1) is 18.7. The second-order valence-electron chi connectivity index (χ2n) is 7.19. The molecule has 1 aliphatic rings. The Balaban J connectivity index is 1.54. The minimum atomic E-state index is -0.647. The normalized spacial score (nSPS) is 15.2. The Bertz CT molecular complexity index is 893. The summed E-state index contributed by atoms with van der Waals surface area (Å²) in [5, 5.41) is 15.6. The van der Waals surface area contributed by atoms with Crippen LogP contribution in [0, 0.1) is 0 Å². The van der Waals surface area contributed by atoms with Crippen LogP contribution in [0.2, 0.25) is 0 Å². The van der Waals surface area contributed by atoms with Gasteiger partial charge in [-0.15, -0.1) is 0 Å². The van der Waals surface area contributed by atoms with Crippen molar-refractivity contribution in [1.82, 2.24) is 14.7 Å². The molecule has 0 saturated heterocycles. The van der Waals surface area contributed by atoms with Crippen molar-refractivity contribution in [3.05, 3.63) is 71.9 Å². The average Bonchev–Trinajstić information content (AvgIpc) is 3.11. The Morgan fingerprint density at radius 2 is 1.79 bits per heavy atom. The standard InChI is InChI=1S/C23H27N3O2/c1-2-14-26-23(18-9-5-3-6-10-18)20-16-25(15-13-21(20)24-26)22(27)17-28-19-11-7-4-8-12-19/h3-12,22,27H,2,13-17H2,1H3. The minimum Gasteiger partial charge on any atom is -0.489 e. The number of aromatic nitrogens is 2. The smallest absolute Gasteiger partial charge is 0.142 e. The van der Waals surface area contributed by atoms with Crippen LogP contribution in [0.25, 0.3) is 11.3 Å². The molecule has 1 aliphatic heterocycles. The van der Waals surface area contributed by atoms with E-state index in [4.69, 9.17) is 9.84 Å². The second kappa shape index (κ2) is 8.59. The molecule has 146 valence electrons. The minimum absolute atomic E-state index is 0.253. The molecule has 2 aromatic carbocycles. The van der Waals surface area contributed by atoms with E-state index < -0.39 is 6.23 Å². The number of hydrogen-bond donors (Lipinski definition) is 1. The van der Waals surface area contributed by atoms with Gasteiger partial charge in [0.1, 0.15) is 18.6 Å². The van der Waals surface area contributed by atoms with Gasteiger partial charge in [-0.2, -0.15) is 5.10 Å². The molecule has 1 N–H and O–H groups in total. The lowest BCUT2D eigenvalue weighted by atomic mass is 10.0. The van der Waals surface area contributed by atoms with Crippen LogP contribution in [0.15, 0.2) is 60.7 Å². The van der Waals surface area contributed by atoms with Gasteiger partial charge in [0.25, 0.3) is 0 Å². The molecule has 0 fully saturated rings. The summed E-state index contributed by atoms with van der Waals surface area (Å²) in [5.41, 5.74) is 4.74. The van der Waals surface area contributed by atoms with Crippen LogP contribution in [0.1, 0.15) is 24.6 Å². The molecule has 0 aliphatic carbocycles. The van der Waals surface area contributed by atoms with Crippen molar-refractivity contribution in [3.63, 3.8) is 0 Å². The van der Waals surface area contributed by atoms with Gasteiger partial charge in [0.15, 0.2) is 0 Å². The lowest BCUT2D eigenvalue weighted by Gasteiger charge is -2.31. The van der Waals surface area contributed by atoms with Gasteiger partial charge < -0.3 is 9.84 Å². The Morgan fingerprint density at radius 1 is 1.07 bits per heavy atom. The molecule has 4 rings (SSSR count). The number of aryl methyl sites for hydroxylation is 1. The lowest BCUT2D eigenvalue weighted by molar-refractivity contribution is -0.0354. The van der Waals surface area contributed by atoms with E-state index >= 15 is 0 Å². The summed E-state index contributed by atoms with van der Waals surface area (Å²) in [5.74, 6) is 0.778. The van der Waals surface area contributed by atoms with Gasteiger partial charge in [-0.3, -0.25) is 9.58 Å². The number of hydrogen-bond acceptors (Lipinski definition) is 4. The van der Waals surface area contributed by atoms with E-state index in [1.165, 1.54) is 16.8 Å². The van der Waals surface area contributed by atoms with E-state index in [9.17, 15) is 5.11 Å². The maximum Gasteiger partial charge on any atom is 0.142 e. The van der Waals surface area contributed by atoms with Crippen LogP contribution >= 0.6 is 0 Å². The molecular formula is C23H27N3O2. The van der Waals surface area contributed by atoms with Gasteiger partial charge in [-0.1, -0.05) is 55.5 Å². The summed E-state index contributed by atoms with van der Waals surface area (Å²) in [6.07, 6.45) is 1.23. The summed E-state index contributed by atoms with van der Waals surface area (Å²) in [6, 6.07) is 20.1. The van der Waals surface area contributed by atoms with Crippen LogP contribution in [-0.4, -0.2) is 39.2 Å². The SMILES string of the molecule is CCCn1nc2c(c1-c1ccccc1)CN(C(O)COc1ccccc1)CC2. The molecule has 0 radical (unpaired) electrons. The van der Waals surface area contributed by atoms with Crippen LogP contribution in [0.4, 0.5) is 0 Å². The highest BCUT2D eigenvalue weighted by Gasteiger charge is 2.28. The summed E-state index contributed by atoms with van der Waals surface area (Å²) < 4.78 is 7.89. The monoisotopic (exact) mass is 377 g/mol. The predicted molar refractivity (Wildman–Crippen MR) is 110 cm³/mol. The number of para-hydroxylation sites is 1. The molecule has 0 spiro atoms. The molecule has 1 unspecified atom stereocenters. The van der Waals surface area contributed by atoms with Crippen molar-refractivity contribution in [1.29, 1.82) is 0 Å². The topological polar surface area (TPSA) is 50.5 Å². The molecular weight excluding hydrogens is 350 g/mol. The highest BCUT2D eigenvalue weighted by molar-refractivity contribution is 5.65. The fraction of sp³-hybridized carbons (Fsp3) is 0.348. The molecule has 0 saturated carbocycles. The molecule has 0 amide bonds. The third kappa shape index (κ3) is 3.96. The van der Waals surface area contributed by atoms with Crippen molar-refractivity contribution in [2.45, 2.75) is 39.1 Å². The van der Waals surface area contributed by atoms with Crippen LogP contribution in [0.3, 0.4) is 0 Å². The maximum absolute atomic E-state index is 10.7. The molecule has 2 heterocycles. The van der Waals surface area contributed by atoms with Crippen molar-refractivity contribution in [2.75, 3.05) is 13.2 Å². The average molecular weight is 377 g/mol. The Morgan fingerprint density at radius 3 is 2.50 bits per heavy atom. The largest absolute Gasteiger partial charge is 0.489 e. The van der Waals surface area contributed by atoms with E-state index in [-0.39, 0.29) is 6.61 Å². The van der Waals surface area contributed by atoms with Crippen molar-refractivity contribution in [3.8, 4) is 17.0 Å². The van der Waals surface area contributed by atoms with Crippen molar-refractivity contribution < 1.29 is 9.84 Å². The fourth-order valence-electron chi connectivity index (χ4n) is 3.79. The van der Waals surface area contributed by atoms with Gasteiger partial charge in [-0.05, 0) is 18.6 Å². The zero-order valence-corrected chi connectivity index (χ0v) is 16.3.